The molecule has 3 aromatic rings. The van der Waals surface area contributed by atoms with Gasteiger partial charge in [-0.05, 0) is 52.9 Å². The molecule has 5 N–H and O–H groups in total. The topological polar surface area (TPSA) is 99.2 Å². The first kappa shape index (κ1) is 22.0. The second-order valence-electron chi connectivity index (χ2n) is 6.54. The van der Waals surface area contributed by atoms with Crippen LogP contribution in [0.4, 0.5) is 5.69 Å². The second-order valence-corrected chi connectivity index (χ2v) is 6.54. The van der Waals surface area contributed by atoms with Gasteiger partial charge in [0.25, 0.3) is 0 Å². The van der Waals surface area contributed by atoms with E-state index in [1.165, 1.54) is 0 Å². The molecule has 0 fully saturated rings. The summed E-state index contributed by atoms with van der Waals surface area (Å²) in [5.41, 5.74) is 10.7. The fourth-order valence-electron chi connectivity index (χ4n) is 3.19. The molecular formula is C23H24ClN3O2. The standard InChI is InChI=1S/C23H23N3O2.ClH/c1-2-15-14-18(10-13-20(15)16-6-4-3-5-7-16)21(23(27)28)26-19-11-8-17(9-12-19)22(24)25;/h3-14,21,26H,2H2,1H3,(H3,24,25)(H,27,28);1H. The number of anilines is 1. The number of rotatable bonds is 7. The highest BCUT2D eigenvalue weighted by Gasteiger charge is 2.21. The van der Waals surface area contributed by atoms with Gasteiger partial charge in [0.05, 0.1) is 0 Å². The summed E-state index contributed by atoms with van der Waals surface area (Å²) < 4.78 is 0. The van der Waals surface area contributed by atoms with Crippen LogP contribution in [0.2, 0.25) is 0 Å². The summed E-state index contributed by atoms with van der Waals surface area (Å²) in [6, 6.07) is 21.8. The van der Waals surface area contributed by atoms with Gasteiger partial charge in [-0.2, -0.15) is 0 Å². The molecule has 0 heterocycles. The van der Waals surface area contributed by atoms with E-state index in [2.05, 4.69) is 24.4 Å². The van der Waals surface area contributed by atoms with Crippen molar-refractivity contribution in [1.29, 1.82) is 5.41 Å². The number of carboxylic acids is 1. The van der Waals surface area contributed by atoms with Gasteiger partial charge >= 0.3 is 5.97 Å². The summed E-state index contributed by atoms with van der Waals surface area (Å²) in [6.45, 7) is 2.06. The molecule has 6 heteroatoms. The molecule has 0 saturated carbocycles. The highest BCUT2D eigenvalue weighted by Crippen LogP contribution is 2.29. The molecule has 0 spiro atoms. The Labute approximate surface area is 176 Å². The van der Waals surface area contributed by atoms with Crippen LogP contribution in [0.3, 0.4) is 0 Å². The number of aryl methyl sites for hydroxylation is 1. The van der Waals surface area contributed by atoms with Crippen LogP contribution < -0.4 is 11.1 Å². The largest absolute Gasteiger partial charge is 0.479 e. The van der Waals surface area contributed by atoms with Crippen molar-refractivity contribution < 1.29 is 9.90 Å². The van der Waals surface area contributed by atoms with E-state index >= 15 is 0 Å². The Balaban J connectivity index is 0.00000300. The Kier molecular flexibility index (Phi) is 7.39. The molecule has 1 unspecified atom stereocenters. The van der Waals surface area contributed by atoms with E-state index in [9.17, 15) is 9.90 Å². The van der Waals surface area contributed by atoms with Gasteiger partial charge in [-0.25, -0.2) is 4.79 Å². The maximum Gasteiger partial charge on any atom is 0.330 e. The van der Waals surface area contributed by atoms with Crippen molar-refractivity contribution in [2.45, 2.75) is 19.4 Å². The first-order valence-corrected chi connectivity index (χ1v) is 9.11. The monoisotopic (exact) mass is 409 g/mol. The lowest BCUT2D eigenvalue weighted by Crippen LogP contribution is -2.21. The minimum absolute atomic E-state index is 0. The summed E-state index contributed by atoms with van der Waals surface area (Å²) in [6.07, 6.45) is 0.803. The van der Waals surface area contributed by atoms with Gasteiger partial charge in [0, 0.05) is 11.3 Å². The minimum Gasteiger partial charge on any atom is -0.479 e. The number of nitrogens with two attached hydrogens (primary N) is 1. The van der Waals surface area contributed by atoms with E-state index in [1.807, 2.05) is 36.4 Å². The van der Waals surface area contributed by atoms with Gasteiger partial charge in [-0.15, -0.1) is 12.4 Å². The van der Waals surface area contributed by atoms with Crippen molar-refractivity contribution in [1.82, 2.24) is 0 Å². The van der Waals surface area contributed by atoms with E-state index in [1.54, 1.807) is 24.3 Å². The minimum atomic E-state index is -0.954. The molecule has 3 aromatic carbocycles. The molecule has 0 aromatic heterocycles. The summed E-state index contributed by atoms with van der Waals surface area (Å²) in [7, 11) is 0. The molecule has 0 aliphatic carbocycles. The SMILES string of the molecule is CCc1cc(C(Nc2ccc(C(=N)N)cc2)C(=O)O)ccc1-c1ccccc1.Cl. The van der Waals surface area contributed by atoms with Crippen LogP contribution in [0.25, 0.3) is 11.1 Å². The van der Waals surface area contributed by atoms with E-state index in [4.69, 9.17) is 11.1 Å². The summed E-state index contributed by atoms with van der Waals surface area (Å²) in [5.74, 6) is -0.976. The zero-order valence-electron chi connectivity index (χ0n) is 16.1. The van der Waals surface area contributed by atoms with E-state index in [-0.39, 0.29) is 18.2 Å². The van der Waals surface area contributed by atoms with Gasteiger partial charge in [0.1, 0.15) is 5.84 Å². The molecule has 1 atom stereocenters. The van der Waals surface area contributed by atoms with Crippen molar-refractivity contribution in [3.05, 3.63) is 89.5 Å². The summed E-state index contributed by atoms with van der Waals surface area (Å²) in [5, 5.41) is 20.3. The molecule has 5 nitrogen and oxygen atoms in total. The average Bonchev–Trinajstić information content (AvgIpc) is 2.72. The lowest BCUT2D eigenvalue weighted by molar-refractivity contribution is -0.138. The molecule has 150 valence electrons. The van der Waals surface area contributed by atoms with Crippen LogP contribution in [0, 0.1) is 5.41 Å². The average molecular weight is 410 g/mol. The summed E-state index contributed by atoms with van der Waals surface area (Å²) in [4.78, 5) is 11.9. The molecule has 29 heavy (non-hydrogen) atoms. The fraction of sp³-hybridized carbons (Fsp3) is 0.130. The molecule has 0 aliphatic heterocycles. The Hall–Kier alpha value is -3.31. The molecule has 0 aliphatic rings. The lowest BCUT2D eigenvalue weighted by Gasteiger charge is -2.19. The van der Waals surface area contributed by atoms with Crippen LogP contribution in [-0.2, 0) is 11.2 Å². The number of hydrogen-bond acceptors (Lipinski definition) is 3. The number of carbonyl (C=O) groups is 1. The number of nitrogens with one attached hydrogen (secondary N) is 2. The van der Waals surface area contributed by atoms with Crippen molar-refractivity contribution in [3.8, 4) is 11.1 Å². The van der Waals surface area contributed by atoms with Gasteiger partial charge in [0.2, 0.25) is 0 Å². The Morgan fingerprint density at radius 2 is 1.72 bits per heavy atom. The van der Waals surface area contributed by atoms with Crippen LogP contribution in [0.1, 0.15) is 29.7 Å². The van der Waals surface area contributed by atoms with Gasteiger partial charge < -0.3 is 16.2 Å². The molecule has 0 bridgehead atoms. The quantitative estimate of drug-likeness (QED) is 0.330. The van der Waals surface area contributed by atoms with Crippen molar-refractivity contribution in [2.24, 2.45) is 5.73 Å². The Bertz CT molecular complexity index is 989. The number of nitrogen functional groups attached to an aromatic ring is 1. The third kappa shape index (κ3) is 5.15. The number of halogens is 1. The number of carboxylic acid groups (broad SMARTS) is 1. The third-order valence-corrected chi connectivity index (χ3v) is 4.68. The molecule has 0 radical (unpaired) electrons. The summed E-state index contributed by atoms with van der Waals surface area (Å²) >= 11 is 0. The smallest absolute Gasteiger partial charge is 0.330 e. The normalized spacial score (nSPS) is 11.2. The maximum absolute atomic E-state index is 11.9. The van der Waals surface area contributed by atoms with Crippen LogP contribution in [0.15, 0.2) is 72.8 Å². The number of hydrogen-bond donors (Lipinski definition) is 4. The third-order valence-electron chi connectivity index (χ3n) is 4.68. The zero-order chi connectivity index (χ0) is 20.1. The fourth-order valence-corrected chi connectivity index (χ4v) is 3.19. The second kappa shape index (κ2) is 9.75. The molecule has 3 rings (SSSR count). The van der Waals surface area contributed by atoms with E-state index < -0.39 is 12.0 Å². The zero-order valence-corrected chi connectivity index (χ0v) is 16.9. The Morgan fingerprint density at radius 3 is 2.28 bits per heavy atom. The van der Waals surface area contributed by atoms with Crippen molar-refractivity contribution in [3.63, 3.8) is 0 Å². The molecule has 0 saturated heterocycles. The van der Waals surface area contributed by atoms with Crippen molar-refractivity contribution >= 4 is 29.9 Å². The highest BCUT2D eigenvalue weighted by atomic mass is 35.5. The lowest BCUT2D eigenvalue weighted by atomic mass is 9.93. The predicted octanol–water partition coefficient (Wildman–Crippen LogP) is 4.86. The number of amidine groups is 1. The van der Waals surface area contributed by atoms with Gasteiger partial charge in [-0.1, -0.05) is 55.5 Å². The first-order valence-electron chi connectivity index (χ1n) is 9.11. The predicted molar refractivity (Wildman–Crippen MR) is 120 cm³/mol. The Morgan fingerprint density at radius 1 is 1.07 bits per heavy atom. The maximum atomic E-state index is 11.9. The number of benzene rings is 3. The van der Waals surface area contributed by atoms with Crippen LogP contribution >= 0.6 is 12.4 Å². The first-order chi connectivity index (χ1) is 13.5. The number of aliphatic carboxylic acids is 1. The van der Waals surface area contributed by atoms with Gasteiger partial charge in [0.15, 0.2) is 6.04 Å². The van der Waals surface area contributed by atoms with Crippen molar-refractivity contribution in [2.75, 3.05) is 5.32 Å². The molecule has 0 amide bonds. The van der Waals surface area contributed by atoms with Crippen LogP contribution in [-0.4, -0.2) is 16.9 Å². The van der Waals surface area contributed by atoms with Crippen LogP contribution in [0.5, 0.6) is 0 Å². The highest BCUT2D eigenvalue weighted by molar-refractivity contribution is 5.95. The van der Waals surface area contributed by atoms with Gasteiger partial charge in [-0.3, -0.25) is 5.41 Å². The van der Waals surface area contributed by atoms with E-state index in [0.29, 0.717) is 16.8 Å². The molecular weight excluding hydrogens is 386 g/mol. The van der Waals surface area contributed by atoms with E-state index in [0.717, 1.165) is 23.1 Å².